The van der Waals surface area contributed by atoms with Crippen LogP contribution >= 0.6 is 0 Å². The highest BCUT2D eigenvalue weighted by Gasteiger charge is 2.15. The quantitative estimate of drug-likeness (QED) is 0.286. The number of nitrogens with two attached hydrogens (primary N) is 1. The largest absolute Gasteiger partial charge is 0.367 e. The number of hydrogen-bond donors (Lipinski definition) is 5. The second kappa shape index (κ2) is 8.73. The number of H-pyrrole nitrogens is 1. The molecule has 33 heavy (non-hydrogen) atoms. The van der Waals surface area contributed by atoms with E-state index in [9.17, 15) is 8.42 Å². The third-order valence-corrected chi connectivity index (χ3v) is 6.38. The Kier molecular flexibility index (Phi) is 5.62. The van der Waals surface area contributed by atoms with Crippen molar-refractivity contribution in [3.63, 3.8) is 0 Å². The SMILES string of the molecule is NS(=O)(=O)c1ccc(Nc2nc(-c3ccc(NC4CCNCC4)nc3)c3[nH]cnc3n2)cc1. The summed E-state index contributed by atoms with van der Waals surface area (Å²) in [5.41, 5.74) is 3.28. The monoisotopic (exact) mass is 465 g/mol. The molecule has 3 aromatic heterocycles. The van der Waals surface area contributed by atoms with Gasteiger partial charge in [-0.3, -0.25) is 0 Å². The number of aromatic nitrogens is 5. The Morgan fingerprint density at radius 1 is 1.00 bits per heavy atom. The first-order valence-electron chi connectivity index (χ1n) is 10.5. The van der Waals surface area contributed by atoms with E-state index in [2.05, 4.69) is 40.9 Å². The van der Waals surface area contributed by atoms with E-state index in [0.29, 0.717) is 34.5 Å². The lowest BCUT2D eigenvalue weighted by molar-refractivity contribution is 0.478. The standard InChI is InChI=1S/C21H23N9O2S/c22-33(31,32)16-4-2-14(3-5-16)28-21-29-18(19-20(30-21)26-12-25-19)13-1-6-17(24-11-13)27-15-7-9-23-10-8-15/h1-6,11-12,15,23H,7-10H2,(H,24,27)(H2,22,31,32)(H2,25,26,28,29,30). The maximum Gasteiger partial charge on any atom is 0.238 e. The zero-order valence-electron chi connectivity index (χ0n) is 17.6. The molecule has 4 heterocycles. The molecule has 12 heteroatoms. The third-order valence-electron chi connectivity index (χ3n) is 5.45. The Balaban J connectivity index is 1.41. The molecular formula is C21H23N9O2S. The number of rotatable bonds is 6. The number of sulfonamides is 1. The summed E-state index contributed by atoms with van der Waals surface area (Å²) in [6, 6.07) is 10.4. The van der Waals surface area contributed by atoms with Crippen LogP contribution in [0.15, 0.2) is 53.8 Å². The average molecular weight is 466 g/mol. The van der Waals surface area contributed by atoms with Gasteiger partial charge in [-0.25, -0.2) is 28.5 Å². The van der Waals surface area contributed by atoms with Crippen molar-refractivity contribution in [2.45, 2.75) is 23.8 Å². The van der Waals surface area contributed by atoms with E-state index in [1.54, 1.807) is 24.7 Å². The summed E-state index contributed by atoms with van der Waals surface area (Å²) in [5.74, 6) is 1.15. The lowest BCUT2D eigenvalue weighted by atomic mass is 10.1. The lowest BCUT2D eigenvalue weighted by Gasteiger charge is -2.24. The topological polar surface area (TPSA) is 164 Å². The van der Waals surface area contributed by atoms with Crippen LogP contribution in [0.5, 0.6) is 0 Å². The Morgan fingerprint density at radius 2 is 1.79 bits per heavy atom. The van der Waals surface area contributed by atoms with Gasteiger partial charge < -0.3 is 20.9 Å². The van der Waals surface area contributed by atoms with Gasteiger partial charge in [0.25, 0.3) is 0 Å². The summed E-state index contributed by atoms with van der Waals surface area (Å²) in [7, 11) is -3.76. The van der Waals surface area contributed by atoms with Crippen LogP contribution < -0.4 is 21.1 Å². The van der Waals surface area contributed by atoms with Gasteiger partial charge in [0.05, 0.1) is 11.2 Å². The highest BCUT2D eigenvalue weighted by Crippen LogP contribution is 2.27. The normalized spacial score (nSPS) is 14.9. The van der Waals surface area contributed by atoms with Crippen molar-refractivity contribution < 1.29 is 8.42 Å². The number of hydrogen-bond acceptors (Lipinski definition) is 9. The fourth-order valence-electron chi connectivity index (χ4n) is 3.75. The van der Waals surface area contributed by atoms with Gasteiger partial charge in [-0.05, 0) is 62.3 Å². The van der Waals surface area contributed by atoms with Crippen LogP contribution in [-0.2, 0) is 10.0 Å². The maximum absolute atomic E-state index is 11.5. The fraction of sp³-hybridized carbons (Fsp3) is 0.238. The molecule has 0 spiro atoms. The van der Waals surface area contributed by atoms with Gasteiger partial charge in [-0.1, -0.05) is 0 Å². The minimum Gasteiger partial charge on any atom is -0.367 e. The highest BCUT2D eigenvalue weighted by atomic mass is 32.2. The number of nitrogens with zero attached hydrogens (tertiary/aromatic N) is 4. The van der Waals surface area contributed by atoms with Crippen LogP contribution in [0.1, 0.15) is 12.8 Å². The molecule has 4 aromatic rings. The molecule has 170 valence electrons. The number of primary sulfonamides is 1. The molecular weight excluding hydrogens is 442 g/mol. The van der Waals surface area contributed by atoms with Gasteiger partial charge in [-0.2, -0.15) is 4.98 Å². The van der Waals surface area contributed by atoms with Crippen LogP contribution in [-0.4, -0.2) is 52.5 Å². The number of imidazole rings is 1. The molecule has 1 fully saturated rings. The molecule has 5 rings (SSSR count). The summed E-state index contributed by atoms with van der Waals surface area (Å²) in [6.07, 6.45) is 5.47. The number of fused-ring (bicyclic) bond motifs is 1. The van der Waals surface area contributed by atoms with Gasteiger partial charge in [0.1, 0.15) is 17.0 Å². The first kappa shape index (κ1) is 21.2. The van der Waals surface area contributed by atoms with Gasteiger partial charge in [0.2, 0.25) is 16.0 Å². The summed E-state index contributed by atoms with van der Waals surface area (Å²) in [6.45, 7) is 2.02. The van der Waals surface area contributed by atoms with Crippen molar-refractivity contribution >= 4 is 38.6 Å². The molecule has 11 nitrogen and oxygen atoms in total. The van der Waals surface area contributed by atoms with E-state index in [1.165, 1.54) is 12.1 Å². The van der Waals surface area contributed by atoms with E-state index >= 15 is 0 Å². The molecule has 1 aliphatic rings. The molecule has 0 aliphatic carbocycles. The molecule has 0 bridgehead atoms. The fourth-order valence-corrected chi connectivity index (χ4v) is 4.27. The number of nitrogens with one attached hydrogen (secondary N) is 4. The molecule has 0 radical (unpaired) electrons. The molecule has 0 atom stereocenters. The summed E-state index contributed by atoms with van der Waals surface area (Å²) in [4.78, 5) is 21.0. The van der Waals surface area contributed by atoms with Crippen molar-refractivity contribution in [3.8, 4) is 11.3 Å². The van der Waals surface area contributed by atoms with E-state index in [4.69, 9.17) is 5.14 Å². The van der Waals surface area contributed by atoms with Crippen LogP contribution in [0, 0.1) is 0 Å². The molecule has 1 saturated heterocycles. The second-order valence-corrected chi connectivity index (χ2v) is 9.35. The third kappa shape index (κ3) is 4.77. The smallest absolute Gasteiger partial charge is 0.238 e. The van der Waals surface area contributed by atoms with Crippen LogP contribution in [0.25, 0.3) is 22.4 Å². The number of anilines is 3. The number of benzene rings is 1. The predicted octanol–water partition coefficient (Wildman–Crippen LogP) is 1.97. The minimum atomic E-state index is -3.76. The minimum absolute atomic E-state index is 0.0293. The number of piperidine rings is 1. The summed E-state index contributed by atoms with van der Waals surface area (Å²) < 4.78 is 22.9. The van der Waals surface area contributed by atoms with Crippen LogP contribution in [0.4, 0.5) is 17.5 Å². The van der Waals surface area contributed by atoms with E-state index in [-0.39, 0.29) is 4.90 Å². The second-order valence-electron chi connectivity index (χ2n) is 7.79. The Bertz CT molecular complexity index is 1360. The summed E-state index contributed by atoms with van der Waals surface area (Å²) >= 11 is 0. The Labute approximate surface area is 190 Å². The van der Waals surface area contributed by atoms with Crippen molar-refractivity contribution in [2.75, 3.05) is 23.7 Å². The van der Waals surface area contributed by atoms with Gasteiger partial charge in [-0.15, -0.1) is 0 Å². The first-order valence-corrected chi connectivity index (χ1v) is 12.0. The van der Waals surface area contributed by atoms with Gasteiger partial charge in [0, 0.05) is 23.5 Å². The van der Waals surface area contributed by atoms with Crippen molar-refractivity contribution in [1.29, 1.82) is 0 Å². The molecule has 0 amide bonds. The number of aromatic amines is 1. The zero-order valence-corrected chi connectivity index (χ0v) is 18.4. The van der Waals surface area contributed by atoms with E-state index < -0.39 is 10.0 Å². The van der Waals surface area contributed by atoms with E-state index in [1.807, 2.05) is 12.1 Å². The van der Waals surface area contributed by atoms with Gasteiger partial charge >= 0.3 is 0 Å². The molecule has 1 aliphatic heterocycles. The van der Waals surface area contributed by atoms with Crippen molar-refractivity contribution in [1.82, 2.24) is 30.2 Å². The molecule has 0 unspecified atom stereocenters. The van der Waals surface area contributed by atoms with Crippen LogP contribution in [0.3, 0.4) is 0 Å². The number of pyridine rings is 1. The average Bonchev–Trinajstić information content (AvgIpc) is 3.28. The molecule has 6 N–H and O–H groups in total. The van der Waals surface area contributed by atoms with Crippen LogP contribution in [0.2, 0.25) is 0 Å². The first-order chi connectivity index (χ1) is 16.0. The Morgan fingerprint density at radius 3 is 2.48 bits per heavy atom. The van der Waals surface area contributed by atoms with Gasteiger partial charge in [0.15, 0.2) is 5.65 Å². The molecule has 0 saturated carbocycles. The predicted molar refractivity (Wildman–Crippen MR) is 126 cm³/mol. The zero-order chi connectivity index (χ0) is 22.8. The van der Waals surface area contributed by atoms with Crippen molar-refractivity contribution in [3.05, 3.63) is 48.9 Å². The summed E-state index contributed by atoms with van der Waals surface area (Å²) in [5, 5.41) is 15.1. The highest BCUT2D eigenvalue weighted by molar-refractivity contribution is 7.89. The maximum atomic E-state index is 11.5. The van der Waals surface area contributed by atoms with E-state index in [0.717, 1.165) is 37.3 Å². The van der Waals surface area contributed by atoms with Crippen molar-refractivity contribution in [2.24, 2.45) is 5.14 Å². The lowest BCUT2D eigenvalue weighted by Crippen LogP contribution is -2.35. The Hall–Kier alpha value is -3.61. The molecule has 1 aromatic carbocycles.